The van der Waals surface area contributed by atoms with Crippen LogP contribution in [0.1, 0.15) is 63.8 Å². The molecule has 0 saturated carbocycles. The van der Waals surface area contributed by atoms with Crippen molar-refractivity contribution in [2.45, 2.75) is 44.6 Å². The van der Waals surface area contributed by atoms with Crippen molar-refractivity contribution < 1.29 is 19.4 Å². The number of nitrogens with zero attached hydrogens (tertiary/aromatic N) is 1. The van der Waals surface area contributed by atoms with Gasteiger partial charge in [-0.3, -0.25) is 4.79 Å². The van der Waals surface area contributed by atoms with Gasteiger partial charge < -0.3 is 14.6 Å². The van der Waals surface area contributed by atoms with Crippen LogP contribution in [0.2, 0.25) is 0 Å². The Hall–Kier alpha value is -3.78. The molecule has 5 heteroatoms. The summed E-state index contributed by atoms with van der Waals surface area (Å²) >= 11 is 0. The lowest BCUT2D eigenvalue weighted by Gasteiger charge is -2.17. The minimum Gasteiger partial charge on any atom is -0.492 e. The van der Waals surface area contributed by atoms with Crippen LogP contribution in [-0.2, 0) is 17.6 Å². The van der Waals surface area contributed by atoms with Crippen molar-refractivity contribution >= 4 is 5.97 Å². The zero-order valence-electron chi connectivity index (χ0n) is 18.5. The maximum atomic E-state index is 11.1. The molecule has 3 aromatic rings. The zero-order chi connectivity index (χ0) is 22.9. The quantitative estimate of drug-likeness (QED) is 0.551. The van der Waals surface area contributed by atoms with Crippen LogP contribution >= 0.6 is 0 Å². The third-order valence-electron chi connectivity index (χ3n) is 6.78. The highest BCUT2D eigenvalue weighted by atomic mass is 16.5. The van der Waals surface area contributed by atoms with Gasteiger partial charge in [0.05, 0.1) is 24.7 Å². The maximum absolute atomic E-state index is 11.1. The Kier molecular flexibility index (Phi) is 5.51. The number of carbonyl (C=O) groups is 1. The summed E-state index contributed by atoms with van der Waals surface area (Å²) in [5.74, 6) is 0.481. The first-order chi connectivity index (χ1) is 16.0. The number of carboxylic acid groups (broad SMARTS) is 1. The number of rotatable bonds is 6. The van der Waals surface area contributed by atoms with E-state index in [9.17, 15) is 10.1 Å². The van der Waals surface area contributed by atoms with E-state index in [0.717, 1.165) is 41.5 Å². The second-order valence-electron chi connectivity index (χ2n) is 8.83. The Labute approximate surface area is 193 Å². The van der Waals surface area contributed by atoms with Crippen LogP contribution in [0.25, 0.3) is 0 Å². The smallest absolute Gasteiger partial charge is 0.304 e. The first-order valence-electron chi connectivity index (χ1n) is 11.3. The summed E-state index contributed by atoms with van der Waals surface area (Å²) in [6.45, 7) is 2.49. The molecule has 0 radical (unpaired) electrons. The van der Waals surface area contributed by atoms with E-state index in [-0.39, 0.29) is 18.4 Å². The van der Waals surface area contributed by atoms with Gasteiger partial charge in [0.1, 0.15) is 17.6 Å². The molecule has 2 atom stereocenters. The molecule has 5 rings (SSSR count). The van der Waals surface area contributed by atoms with Gasteiger partial charge in [0.2, 0.25) is 0 Å². The third-order valence-corrected chi connectivity index (χ3v) is 6.78. The Balaban J connectivity index is 1.40. The van der Waals surface area contributed by atoms with Gasteiger partial charge >= 0.3 is 5.97 Å². The van der Waals surface area contributed by atoms with Gasteiger partial charge in [0.15, 0.2) is 0 Å². The van der Waals surface area contributed by atoms with Gasteiger partial charge in [-0.05, 0) is 66.1 Å². The van der Waals surface area contributed by atoms with Gasteiger partial charge in [-0.15, -0.1) is 0 Å². The summed E-state index contributed by atoms with van der Waals surface area (Å²) < 4.78 is 12.1. The van der Waals surface area contributed by atoms with Crippen molar-refractivity contribution in [2.75, 3.05) is 6.61 Å². The summed E-state index contributed by atoms with van der Waals surface area (Å²) in [5.41, 5.74) is 7.58. The Morgan fingerprint density at radius 2 is 2.00 bits per heavy atom. The predicted octanol–water partition coefficient (Wildman–Crippen LogP) is 5.47. The molecular formula is C28H25NO4. The molecule has 1 aliphatic heterocycles. The number of hydrogen-bond acceptors (Lipinski definition) is 4. The number of fused-ring (bicyclic) bond motifs is 2. The zero-order valence-corrected chi connectivity index (χ0v) is 18.5. The average molecular weight is 440 g/mol. The number of hydrogen-bond donors (Lipinski definition) is 1. The number of ether oxygens (including phenoxy) is 2. The first kappa shape index (κ1) is 21.1. The summed E-state index contributed by atoms with van der Waals surface area (Å²) in [7, 11) is 0. The van der Waals surface area contributed by atoms with Crippen LogP contribution in [0.4, 0.5) is 0 Å². The lowest BCUT2D eigenvalue weighted by molar-refractivity contribution is -0.137. The molecule has 0 fully saturated rings. The molecule has 3 aromatic carbocycles. The second-order valence-corrected chi connectivity index (χ2v) is 8.83. The van der Waals surface area contributed by atoms with E-state index in [2.05, 4.69) is 25.1 Å². The van der Waals surface area contributed by atoms with Crippen molar-refractivity contribution in [3.63, 3.8) is 0 Å². The van der Waals surface area contributed by atoms with E-state index in [0.29, 0.717) is 18.1 Å². The van der Waals surface area contributed by atoms with Gasteiger partial charge in [0.25, 0.3) is 0 Å². The second kappa shape index (κ2) is 8.63. The van der Waals surface area contributed by atoms with E-state index >= 15 is 0 Å². The molecule has 0 bridgehead atoms. The lowest BCUT2D eigenvalue weighted by atomic mass is 9.91. The molecule has 166 valence electrons. The summed E-state index contributed by atoms with van der Waals surface area (Å²) in [6, 6.07) is 20.3. The van der Waals surface area contributed by atoms with E-state index in [4.69, 9.17) is 14.6 Å². The molecule has 0 aromatic heterocycles. The fraction of sp³-hybridized carbons (Fsp3) is 0.286. The van der Waals surface area contributed by atoms with Crippen molar-refractivity contribution in [2.24, 2.45) is 0 Å². The topological polar surface area (TPSA) is 79.5 Å². The highest BCUT2D eigenvalue weighted by molar-refractivity contribution is 5.68. The van der Waals surface area contributed by atoms with Crippen molar-refractivity contribution in [3.05, 3.63) is 93.5 Å². The van der Waals surface area contributed by atoms with Gasteiger partial charge in [-0.25, -0.2) is 0 Å². The summed E-state index contributed by atoms with van der Waals surface area (Å²) in [5, 5.41) is 18.8. The number of aliphatic carboxylic acids is 1. The molecular weight excluding hydrogens is 414 g/mol. The molecule has 2 unspecified atom stereocenters. The summed E-state index contributed by atoms with van der Waals surface area (Å²) in [6.07, 6.45) is 2.44. The molecule has 1 heterocycles. The maximum Gasteiger partial charge on any atom is 0.304 e. The van der Waals surface area contributed by atoms with E-state index in [1.54, 1.807) is 0 Å². The SMILES string of the molecule is Cc1ccccc1Cc1c(C#N)ccc2c1CCC2Oc1ccc2c(c1)OCC2CC(=O)O. The highest BCUT2D eigenvalue weighted by Gasteiger charge is 2.30. The largest absolute Gasteiger partial charge is 0.492 e. The minimum absolute atomic E-state index is 0.0636. The standard InChI is InChI=1S/C28H25NO4/c1-17-4-2-3-5-18(17)12-25-19(15-29)6-8-24-23(25)10-11-26(24)33-21-7-9-22-20(13-28(30)31)16-32-27(22)14-21/h2-9,14,20,26H,10-13,16H2,1H3,(H,30,31). The Morgan fingerprint density at radius 3 is 2.79 bits per heavy atom. The monoisotopic (exact) mass is 439 g/mol. The first-order valence-corrected chi connectivity index (χ1v) is 11.3. The molecule has 2 aliphatic rings. The molecule has 0 amide bonds. The van der Waals surface area contributed by atoms with Crippen LogP contribution in [0.3, 0.4) is 0 Å². The molecule has 5 nitrogen and oxygen atoms in total. The number of carboxylic acids is 1. The normalized spacial score (nSPS) is 18.2. The lowest BCUT2D eigenvalue weighted by Crippen LogP contribution is -2.07. The third kappa shape index (κ3) is 4.05. The highest BCUT2D eigenvalue weighted by Crippen LogP contribution is 2.42. The van der Waals surface area contributed by atoms with Gasteiger partial charge in [0, 0.05) is 17.5 Å². The van der Waals surface area contributed by atoms with Crippen molar-refractivity contribution in [1.29, 1.82) is 5.26 Å². The van der Waals surface area contributed by atoms with E-state index in [1.807, 2.05) is 42.5 Å². The van der Waals surface area contributed by atoms with Crippen LogP contribution in [0.15, 0.2) is 54.6 Å². The van der Waals surface area contributed by atoms with E-state index < -0.39 is 5.97 Å². The van der Waals surface area contributed by atoms with Crippen molar-refractivity contribution in [1.82, 2.24) is 0 Å². The number of nitriles is 1. The van der Waals surface area contributed by atoms with Gasteiger partial charge in [-0.2, -0.15) is 5.26 Å². The van der Waals surface area contributed by atoms with Crippen LogP contribution in [0.5, 0.6) is 11.5 Å². The van der Waals surface area contributed by atoms with E-state index in [1.165, 1.54) is 16.7 Å². The fourth-order valence-electron chi connectivity index (χ4n) is 5.04. The van der Waals surface area contributed by atoms with Crippen molar-refractivity contribution in [3.8, 4) is 17.6 Å². The molecule has 0 spiro atoms. The molecule has 33 heavy (non-hydrogen) atoms. The Morgan fingerprint density at radius 1 is 1.18 bits per heavy atom. The molecule has 1 N–H and O–H groups in total. The summed E-state index contributed by atoms with van der Waals surface area (Å²) in [4.78, 5) is 11.1. The van der Waals surface area contributed by atoms with Gasteiger partial charge in [-0.1, -0.05) is 36.4 Å². The van der Waals surface area contributed by atoms with Crippen LogP contribution < -0.4 is 9.47 Å². The molecule has 1 aliphatic carbocycles. The Bertz CT molecular complexity index is 1270. The fourth-order valence-corrected chi connectivity index (χ4v) is 5.04. The molecule has 0 saturated heterocycles. The number of aryl methyl sites for hydroxylation is 1. The predicted molar refractivity (Wildman–Crippen MR) is 124 cm³/mol. The van der Waals surface area contributed by atoms with Crippen LogP contribution in [-0.4, -0.2) is 17.7 Å². The average Bonchev–Trinajstić information content (AvgIpc) is 3.39. The van der Waals surface area contributed by atoms with Crippen LogP contribution in [0, 0.1) is 18.3 Å². The minimum atomic E-state index is -0.822. The number of benzene rings is 3.